The van der Waals surface area contributed by atoms with Gasteiger partial charge in [0, 0.05) is 0 Å². The second-order valence-corrected chi connectivity index (χ2v) is 6.38. The number of piperidine rings is 1. The molecule has 3 heteroatoms. The maximum atomic E-state index is 11.4. The molecule has 110 valence electrons. The molecule has 1 unspecified atom stereocenters. The molecule has 1 saturated heterocycles. The van der Waals surface area contributed by atoms with E-state index in [0.717, 1.165) is 56.5 Å². The third-order valence-electron chi connectivity index (χ3n) is 5.18. The molecule has 3 nitrogen and oxygen atoms in total. The molecule has 1 atom stereocenters. The topological polar surface area (TPSA) is 32.7 Å². The fraction of sp³-hybridized carbons (Fsp3) is 0.647. The number of methoxy groups -OCH3 is 1. The fourth-order valence-electron chi connectivity index (χ4n) is 3.90. The van der Waals surface area contributed by atoms with Gasteiger partial charge in [-0.25, -0.2) is 0 Å². The van der Waals surface area contributed by atoms with Crippen molar-refractivity contribution < 1.29 is 9.84 Å². The number of nitrogens with zero attached hydrogens (tertiary/aromatic N) is 1. The molecule has 1 aliphatic carbocycles. The van der Waals surface area contributed by atoms with E-state index in [2.05, 4.69) is 24.1 Å². The third-order valence-corrected chi connectivity index (χ3v) is 5.18. The first kappa shape index (κ1) is 13.9. The summed E-state index contributed by atoms with van der Waals surface area (Å²) in [6.45, 7) is 2.18. The molecule has 1 aromatic rings. The summed E-state index contributed by atoms with van der Waals surface area (Å²) < 4.78 is 5.36. The van der Waals surface area contributed by atoms with Crippen LogP contribution in [0.1, 0.15) is 36.8 Å². The quantitative estimate of drug-likeness (QED) is 0.900. The molecule has 20 heavy (non-hydrogen) atoms. The van der Waals surface area contributed by atoms with Gasteiger partial charge in [-0.1, -0.05) is 6.07 Å². The van der Waals surface area contributed by atoms with Crippen LogP contribution in [0.5, 0.6) is 5.75 Å². The molecule has 0 saturated carbocycles. The van der Waals surface area contributed by atoms with Gasteiger partial charge in [0.1, 0.15) is 5.75 Å². The lowest BCUT2D eigenvalue weighted by Gasteiger charge is -2.44. The molecule has 1 aliphatic heterocycles. The number of hydrogen-bond donors (Lipinski definition) is 1. The van der Waals surface area contributed by atoms with Crippen molar-refractivity contribution in [3.63, 3.8) is 0 Å². The van der Waals surface area contributed by atoms with Crippen LogP contribution in [-0.4, -0.2) is 37.3 Å². The molecule has 0 spiro atoms. The van der Waals surface area contributed by atoms with Crippen LogP contribution in [0.3, 0.4) is 0 Å². The fourth-order valence-corrected chi connectivity index (χ4v) is 3.90. The highest BCUT2D eigenvalue weighted by Crippen LogP contribution is 2.45. The van der Waals surface area contributed by atoms with Crippen LogP contribution in [-0.2, 0) is 12.0 Å². The predicted molar refractivity (Wildman–Crippen MR) is 80.0 cm³/mol. The molecule has 0 aromatic heterocycles. The van der Waals surface area contributed by atoms with E-state index < -0.39 is 5.60 Å². The second-order valence-electron chi connectivity index (χ2n) is 6.38. The van der Waals surface area contributed by atoms with Crippen molar-refractivity contribution in [3.8, 4) is 5.75 Å². The highest BCUT2D eigenvalue weighted by molar-refractivity contribution is 5.41. The molecule has 1 N–H and O–H groups in total. The maximum Gasteiger partial charge on any atom is 0.119 e. The lowest BCUT2D eigenvalue weighted by atomic mass is 9.69. The number of aryl methyl sites for hydroxylation is 1. The van der Waals surface area contributed by atoms with Gasteiger partial charge >= 0.3 is 0 Å². The standard InChI is InChI=1S/C17H25NO2/c1-18-10-7-14(8-11-18)17(19)9-3-4-13-5-6-15(20-2)12-16(13)17/h5-6,12,14,19H,3-4,7-11H2,1-2H3. The highest BCUT2D eigenvalue weighted by Gasteiger charge is 2.42. The van der Waals surface area contributed by atoms with Crippen LogP contribution in [0, 0.1) is 5.92 Å². The van der Waals surface area contributed by atoms with Gasteiger partial charge in [-0.3, -0.25) is 0 Å². The van der Waals surface area contributed by atoms with Crippen molar-refractivity contribution in [2.45, 2.75) is 37.7 Å². The van der Waals surface area contributed by atoms with Crippen LogP contribution in [0.2, 0.25) is 0 Å². The number of ether oxygens (including phenoxy) is 1. The van der Waals surface area contributed by atoms with Crippen LogP contribution in [0.25, 0.3) is 0 Å². The summed E-state index contributed by atoms with van der Waals surface area (Å²) in [6.07, 6.45) is 5.23. The first-order valence-electron chi connectivity index (χ1n) is 7.72. The summed E-state index contributed by atoms with van der Waals surface area (Å²) in [6, 6.07) is 6.21. The highest BCUT2D eigenvalue weighted by atomic mass is 16.5. The second kappa shape index (κ2) is 5.38. The number of aliphatic hydroxyl groups is 1. The monoisotopic (exact) mass is 275 g/mol. The minimum absolute atomic E-state index is 0.379. The van der Waals surface area contributed by atoms with E-state index in [1.54, 1.807) is 7.11 Å². The minimum atomic E-state index is -0.649. The van der Waals surface area contributed by atoms with Gasteiger partial charge in [0.2, 0.25) is 0 Å². The Morgan fingerprint density at radius 2 is 2.05 bits per heavy atom. The molecule has 2 aliphatic rings. The van der Waals surface area contributed by atoms with Crippen LogP contribution < -0.4 is 4.74 Å². The Morgan fingerprint density at radius 1 is 1.30 bits per heavy atom. The van der Waals surface area contributed by atoms with E-state index in [9.17, 15) is 5.11 Å². The molecule has 3 rings (SSSR count). The number of rotatable bonds is 2. The van der Waals surface area contributed by atoms with E-state index >= 15 is 0 Å². The molecule has 1 aromatic carbocycles. The summed E-state index contributed by atoms with van der Waals surface area (Å²) in [5.41, 5.74) is 1.78. The Morgan fingerprint density at radius 3 is 2.75 bits per heavy atom. The van der Waals surface area contributed by atoms with Crippen molar-refractivity contribution >= 4 is 0 Å². The van der Waals surface area contributed by atoms with Crippen molar-refractivity contribution in [2.24, 2.45) is 5.92 Å². The molecule has 0 amide bonds. The predicted octanol–water partition coefficient (Wildman–Crippen LogP) is 2.56. The zero-order valence-electron chi connectivity index (χ0n) is 12.6. The molecular weight excluding hydrogens is 250 g/mol. The van der Waals surface area contributed by atoms with Crippen molar-refractivity contribution in [2.75, 3.05) is 27.2 Å². The van der Waals surface area contributed by atoms with E-state index in [4.69, 9.17) is 4.74 Å². The van der Waals surface area contributed by atoms with Crippen LogP contribution in [0.4, 0.5) is 0 Å². The molecule has 1 fully saturated rings. The number of likely N-dealkylation sites (tertiary alicyclic amines) is 1. The zero-order chi connectivity index (χ0) is 14.2. The third kappa shape index (κ3) is 2.33. The lowest BCUT2D eigenvalue weighted by Crippen LogP contribution is -2.44. The molecular formula is C17H25NO2. The Hall–Kier alpha value is -1.06. The zero-order valence-corrected chi connectivity index (χ0v) is 12.6. The van der Waals surface area contributed by atoms with Gasteiger partial charge in [0.05, 0.1) is 12.7 Å². The van der Waals surface area contributed by atoms with Gasteiger partial charge in [-0.05, 0) is 81.4 Å². The van der Waals surface area contributed by atoms with E-state index in [-0.39, 0.29) is 0 Å². The number of benzene rings is 1. The summed E-state index contributed by atoms with van der Waals surface area (Å²) in [7, 11) is 3.86. The first-order valence-corrected chi connectivity index (χ1v) is 7.72. The van der Waals surface area contributed by atoms with Gasteiger partial charge in [0.15, 0.2) is 0 Å². The van der Waals surface area contributed by atoms with Crippen LogP contribution >= 0.6 is 0 Å². The van der Waals surface area contributed by atoms with Crippen molar-refractivity contribution in [1.29, 1.82) is 0 Å². The Kier molecular flexibility index (Phi) is 3.74. The van der Waals surface area contributed by atoms with E-state index in [1.807, 2.05) is 6.07 Å². The summed E-state index contributed by atoms with van der Waals surface area (Å²) >= 11 is 0. The Labute approximate surface area is 121 Å². The van der Waals surface area contributed by atoms with Crippen molar-refractivity contribution in [1.82, 2.24) is 4.90 Å². The number of fused-ring (bicyclic) bond motifs is 1. The van der Waals surface area contributed by atoms with E-state index in [0.29, 0.717) is 5.92 Å². The number of hydrogen-bond acceptors (Lipinski definition) is 3. The largest absolute Gasteiger partial charge is 0.497 e. The van der Waals surface area contributed by atoms with E-state index in [1.165, 1.54) is 5.56 Å². The van der Waals surface area contributed by atoms with Gasteiger partial charge in [0.25, 0.3) is 0 Å². The Bertz CT molecular complexity index is 480. The Balaban J connectivity index is 1.94. The van der Waals surface area contributed by atoms with Gasteiger partial charge in [-0.15, -0.1) is 0 Å². The van der Waals surface area contributed by atoms with Gasteiger partial charge in [-0.2, -0.15) is 0 Å². The first-order chi connectivity index (χ1) is 9.63. The van der Waals surface area contributed by atoms with Gasteiger partial charge < -0.3 is 14.7 Å². The maximum absolute atomic E-state index is 11.4. The molecule has 1 heterocycles. The summed E-state index contributed by atoms with van der Waals surface area (Å²) in [5.74, 6) is 1.24. The van der Waals surface area contributed by atoms with Crippen molar-refractivity contribution in [3.05, 3.63) is 29.3 Å². The molecule has 0 radical (unpaired) electrons. The van der Waals surface area contributed by atoms with Crippen LogP contribution in [0.15, 0.2) is 18.2 Å². The smallest absolute Gasteiger partial charge is 0.119 e. The molecule has 0 bridgehead atoms. The average Bonchev–Trinajstić information content (AvgIpc) is 2.48. The summed E-state index contributed by atoms with van der Waals surface area (Å²) in [4.78, 5) is 2.36. The average molecular weight is 275 g/mol. The lowest BCUT2D eigenvalue weighted by molar-refractivity contribution is -0.0595. The normalized spacial score (nSPS) is 28.1. The summed E-state index contributed by atoms with van der Waals surface area (Å²) in [5, 5.41) is 11.4. The minimum Gasteiger partial charge on any atom is -0.497 e. The SMILES string of the molecule is COc1ccc2c(c1)C(O)(C1CCN(C)CC1)CCC2.